The fourth-order valence-electron chi connectivity index (χ4n) is 2.17. The summed E-state index contributed by atoms with van der Waals surface area (Å²) in [6.45, 7) is 3.69. The lowest BCUT2D eigenvalue weighted by atomic mass is 10.1. The number of ether oxygens (including phenoxy) is 1. The van der Waals surface area contributed by atoms with Gasteiger partial charge in [-0.3, -0.25) is 4.99 Å². The molecule has 0 bridgehead atoms. The summed E-state index contributed by atoms with van der Waals surface area (Å²) in [7, 11) is 0. The maximum absolute atomic E-state index is 10.8. The highest BCUT2D eigenvalue weighted by atomic mass is 16.5. The van der Waals surface area contributed by atoms with E-state index in [2.05, 4.69) is 24.0 Å². The number of aryl methyl sites for hydroxylation is 1. The Morgan fingerprint density at radius 2 is 1.83 bits per heavy atom. The Balaban J connectivity index is 1.95. The van der Waals surface area contributed by atoms with Crippen LogP contribution in [0.25, 0.3) is 0 Å². The molecular weight excluding hydrogens is 302 g/mol. The van der Waals surface area contributed by atoms with Gasteiger partial charge in [0.05, 0.1) is 5.69 Å². The van der Waals surface area contributed by atoms with Gasteiger partial charge in [0.15, 0.2) is 6.10 Å². The molecule has 0 saturated heterocycles. The number of carboxylic acids is 1. The Bertz CT molecular complexity index is 675. The first kappa shape index (κ1) is 17.7. The third-order valence-electron chi connectivity index (χ3n) is 3.66. The lowest BCUT2D eigenvalue weighted by molar-refractivity contribution is -0.144. The standard InChI is InChI=1S/C20H23NO3/c1-3-4-5-16-6-10-18(11-7-16)21-14-17-8-12-19(13-9-17)24-15(2)20(22)23/h6-15H,3-5H2,1-2H3,(H,22,23). The zero-order chi connectivity index (χ0) is 17.4. The van der Waals surface area contributed by atoms with Gasteiger partial charge in [-0.15, -0.1) is 0 Å². The van der Waals surface area contributed by atoms with Crippen LogP contribution in [0, 0.1) is 0 Å². The summed E-state index contributed by atoms with van der Waals surface area (Å²) in [5.74, 6) is -0.453. The molecule has 0 saturated carbocycles. The SMILES string of the molecule is CCCCc1ccc(N=Cc2ccc(OC(C)C(=O)O)cc2)cc1. The van der Waals surface area contributed by atoms with Crippen molar-refractivity contribution >= 4 is 17.9 Å². The molecular formula is C20H23NO3. The third kappa shape index (κ3) is 5.54. The lowest BCUT2D eigenvalue weighted by Gasteiger charge is -2.09. The van der Waals surface area contributed by atoms with Crippen molar-refractivity contribution < 1.29 is 14.6 Å². The van der Waals surface area contributed by atoms with Crippen molar-refractivity contribution in [1.82, 2.24) is 0 Å². The quantitative estimate of drug-likeness (QED) is 0.720. The number of aliphatic imine (C=N–C) groups is 1. The highest BCUT2D eigenvalue weighted by Gasteiger charge is 2.11. The fraction of sp³-hybridized carbons (Fsp3) is 0.300. The molecule has 0 aliphatic rings. The van der Waals surface area contributed by atoms with Gasteiger partial charge < -0.3 is 9.84 Å². The van der Waals surface area contributed by atoms with E-state index >= 15 is 0 Å². The normalized spacial score (nSPS) is 12.2. The van der Waals surface area contributed by atoms with Crippen molar-refractivity contribution in [1.29, 1.82) is 0 Å². The molecule has 1 atom stereocenters. The first-order valence-electron chi connectivity index (χ1n) is 8.21. The maximum atomic E-state index is 10.8. The number of unbranched alkanes of at least 4 members (excludes halogenated alkanes) is 1. The van der Waals surface area contributed by atoms with E-state index in [1.807, 2.05) is 24.3 Å². The van der Waals surface area contributed by atoms with Gasteiger partial charge in [-0.2, -0.15) is 0 Å². The van der Waals surface area contributed by atoms with Gasteiger partial charge >= 0.3 is 5.97 Å². The molecule has 0 spiro atoms. The largest absolute Gasteiger partial charge is 0.479 e. The van der Waals surface area contributed by atoms with Gasteiger partial charge in [0.25, 0.3) is 0 Å². The van der Waals surface area contributed by atoms with Crippen molar-refractivity contribution in [2.75, 3.05) is 0 Å². The molecule has 2 rings (SSSR count). The van der Waals surface area contributed by atoms with Gasteiger partial charge in [-0.25, -0.2) is 4.79 Å². The number of rotatable bonds is 8. The molecule has 1 N–H and O–H groups in total. The van der Waals surface area contributed by atoms with E-state index in [0.29, 0.717) is 5.75 Å². The van der Waals surface area contributed by atoms with E-state index in [1.165, 1.54) is 25.3 Å². The van der Waals surface area contributed by atoms with Crippen LogP contribution in [-0.2, 0) is 11.2 Å². The minimum Gasteiger partial charge on any atom is -0.479 e. The number of carboxylic acid groups (broad SMARTS) is 1. The van der Waals surface area contributed by atoms with Gasteiger partial charge in [-0.1, -0.05) is 25.5 Å². The van der Waals surface area contributed by atoms with Crippen molar-refractivity contribution in [2.24, 2.45) is 4.99 Å². The zero-order valence-corrected chi connectivity index (χ0v) is 14.1. The third-order valence-corrected chi connectivity index (χ3v) is 3.66. The summed E-state index contributed by atoms with van der Waals surface area (Å²) in [4.78, 5) is 15.2. The molecule has 1 unspecified atom stereocenters. The minimum absolute atomic E-state index is 0.530. The van der Waals surface area contributed by atoms with Crippen LogP contribution in [0.5, 0.6) is 5.75 Å². The fourth-order valence-corrected chi connectivity index (χ4v) is 2.17. The van der Waals surface area contributed by atoms with E-state index in [4.69, 9.17) is 9.84 Å². The number of aliphatic carboxylic acids is 1. The minimum atomic E-state index is -0.983. The first-order chi connectivity index (χ1) is 11.6. The van der Waals surface area contributed by atoms with E-state index in [0.717, 1.165) is 17.7 Å². The second kappa shape index (κ2) is 8.87. The molecule has 0 amide bonds. The number of carbonyl (C=O) groups is 1. The molecule has 4 nitrogen and oxygen atoms in total. The number of hydrogen-bond acceptors (Lipinski definition) is 3. The molecule has 24 heavy (non-hydrogen) atoms. The van der Waals surface area contributed by atoms with Crippen LogP contribution in [0.15, 0.2) is 53.5 Å². The topological polar surface area (TPSA) is 58.9 Å². The van der Waals surface area contributed by atoms with E-state index in [1.54, 1.807) is 18.3 Å². The zero-order valence-electron chi connectivity index (χ0n) is 14.1. The Morgan fingerprint density at radius 3 is 2.42 bits per heavy atom. The lowest BCUT2D eigenvalue weighted by Crippen LogP contribution is -2.22. The Labute approximate surface area is 142 Å². The van der Waals surface area contributed by atoms with Gasteiger partial charge in [0.1, 0.15) is 5.75 Å². The first-order valence-corrected chi connectivity index (χ1v) is 8.21. The van der Waals surface area contributed by atoms with Crippen LogP contribution in [0.4, 0.5) is 5.69 Å². The second-order valence-corrected chi connectivity index (χ2v) is 5.70. The highest BCUT2D eigenvalue weighted by molar-refractivity contribution is 5.82. The predicted octanol–water partition coefficient (Wildman–Crippen LogP) is 4.63. The summed E-state index contributed by atoms with van der Waals surface area (Å²) >= 11 is 0. The molecule has 2 aromatic rings. The molecule has 0 heterocycles. The summed E-state index contributed by atoms with van der Waals surface area (Å²) in [6.07, 6.45) is 4.43. The summed E-state index contributed by atoms with van der Waals surface area (Å²) in [5, 5.41) is 8.83. The molecule has 0 radical (unpaired) electrons. The van der Waals surface area contributed by atoms with Crippen molar-refractivity contribution in [3.8, 4) is 5.75 Å². The number of hydrogen-bond donors (Lipinski definition) is 1. The monoisotopic (exact) mass is 325 g/mol. The molecule has 0 fully saturated rings. The van der Waals surface area contributed by atoms with Crippen LogP contribution in [0.2, 0.25) is 0 Å². The predicted molar refractivity (Wildman–Crippen MR) is 96.5 cm³/mol. The molecule has 126 valence electrons. The highest BCUT2D eigenvalue weighted by Crippen LogP contribution is 2.16. The summed E-state index contributed by atoms with van der Waals surface area (Å²) in [6, 6.07) is 15.5. The molecule has 0 aromatic heterocycles. The average molecular weight is 325 g/mol. The number of benzene rings is 2. The van der Waals surface area contributed by atoms with E-state index in [-0.39, 0.29) is 0 Å². The summed E-state index contributed by atoms with van der Waals surface area (Å²) < 4.78 is 5.29. The van der Waals surface area contributed by atoms with Crippen LogP contribution in [0.3, 0.4) is 0 Å². The molecule has 0 aliphatic heterocycles. The second-order valence-electron chi connectivity index (χ2n) is 5.70. The van der Waals surface area contributed by atoms with Crippen LogP contribution < -0.4 is 4.74 Å². The molecule has 2 aromatic carbocycles. The Hall–Kier alpha value is -2.62. The maximum Gasteiger partial charge on any atom is 0.344 e. The van der Waals surface area contributed by atoms with Gasteiger partial charge in [0, 0.05) is 6.21 Å². The smallest absolute Gasteiger partial charge is 0.344 e. The van der Waals surface area contributed by atoms with Crippen molar-refractivity contribution in [2.45, 2.75) is 39.2 Å². The molecule has 4 heteroatoms. The Kier molecular flexibility index (Phi) is 6.55. The Morgan fingerprint density at radius 1 is 1.17 bits per heavy atom. The number of nitrogens with zero attached hydrogens (tertiary/aromatic N) is 1. The van der Waals surface area contributed by atoms with Crippen molar-refractivity contribution in [3.05, 3.63) is 59.7 Å². The van der Waals surface area contributed by atoms with Gasteiger partial charge in [-0.05, 0) is 67.3 Å². The summed E-state index contributed by atoms with van der Waals surface area (Å²) in [5.41, 5.74) is 3.18. The average Bonchev–Trinajstić information content (AvgIpc) is 2.60. The van der Waals surface area contributed by atoms with E-state index in [9.17, 15) is 4.79 Å². The van der Waals surface area contributed by atoms with Crippen LogP contribution in [-0.4, -0.2) is 23.4 Å². The van der Waals surface area contributed by atoms with Crippen LogP contribution >= 0.6 is 0 Å². The van der Waals surface area contributed by atoms with Gasteiger partial charge in [0.2, 0.25) is 0 Å². The molecule has 0 aliphatic carbocycles. The van der Waals surface area contributed by atoms with Crippen LogP contribution in [0.1, 0.15) is 37.8 Å². The van der Waals surface area contributed by atoms with Crippen molar-refractivity contribution in [3.63, 3.8) is 0 Å². The van der Waals surface area contributed by atoms with E-state index < -0.39 is 12.1 Å².